The Kier molecular flexibility index (Phi) is 4.84. The van der Waals surface area contributed by atoms with Crippen LogP contribution in [0.2, 0.25) is 0 Å². The van der Waals surface area contributed by atoms with Gasteiger partial charge >= 0.3 is 0 Å². The van der Waals surface area contributed by atoms with Gasteiger partial charge in [0.15, 0.2) is 18.1 Å². The Morgan fingerprint density at radius 3 is 2.85 bits per heavy atom. The summed E-state index contributed by atoms with van der Waals surface area (Å²) in [6.45, 7) is 1.94. The lowest BCUT2D eigenvalue weighted by Crippen LogP contribution is -2.30. The summed E-state index contributed by atoms with van der Waals surface area (Å²) in [6, 6.07) is 6.02. The van der Waals surface area contributed by atoms with Crippen molar-refractivity contribution in [2.45, 2.75) is 38.3 Å². The van der Waals surface area contributed by atoms with E-state index in [4.69, 9.17) is 15.2 Å². The van der Waals surface area contributed by atoms with Crippen LogP contribution >= 0.6 is 0 Å². The molecular formula is C15H22N2O3. The van der Waals surface area contributed by atoms with Crippen molar-refractivity contribution in [3.05, 3.63) is 23.8 Å². The first kappa shape index (κ1) is 14.7. The third-order valence-electron chi connectivity index (χ3n) is 3.11. The van der Waals surface area contributed by atoms with E-state index in [1.54, 1.807) is 7.11 Å². The van der Waals surface area contributed by atoms with Crippen molar-refractivity contribution in [3.63, 3.8) is 0 Å². The highest BCUT2D eigenvalue weighted by molar-refractivity contribution is 5.78. The number of methoxy groups -OCH3 is 1. The average molecular weight is 278 g/mol. The fraction of sp³-hybridized carbons (Fsp3) is 0.533. The molecule has 0 spiro atoms. The molecule has 2 rings (SSSR count). The second-order valence-corrected chi connectivity index (χ2v) is 5.26. The number of benzene rings is 1. The Morgan fingerprint density at radius 1 is 1.50 bits per heavy atom. The van der Waals surface area contributed by atoms with E-state index in [0.29, 0.717) is 24.0 Å². The number of carbonyl (C=O) groups is 1. The van der Waals surface area contributed by atoms with E-state index >= 15 is 0 Å². The van der Waals surface area contributed by atoms with Gasteiger partial charge in [-0.05, 0) is 37.8 Å². The quantitative estimate of drug-likeness (QED) is 0.787. The number of carbonyl (C=O) groups excluding carboxylic acids is 1. The fourth-order valence-corrected chi connectivity index (χ4v) is 2.03. The van der Waals surface area contributed by atoms with Gasteiger partial charge in [-0.2, -0.15) is 0 Å². The zero-order valence-corrected chi connectivity index (χ0v) is 12.0. The Labute approximate surface area is 119 Å². The van der Waals surface area contributed by atoms with E-state index in [0.717, 1.165) is 18.4 Å². The average Bonchev–Trinajstić information content (AvgIpc) is 3.20. The summed E-state index contributed by atoms with van der Waals surface area (Å²) >= 11 is 0. The van der Waals surface area contributed by atoms with Crippen LogP contribution < -0.4 is 20.5 Å². The summed E-state index contributed by atoms with van der Waals surface area (Å²) in [6.07, 6.45) is 2.81. The van der Waals surface area contributed by atoms with E-state index in [1.165, 1.54) is 0 Å². The van der Waals surface area contributed by atoms with Gasteiger partial charge in [-0.1, -0.05) is 12.1 Å². The van der Waals surface area contributed by atoms with Gasteiger partial charge in [0.1, 0.15) is 0 Å². The molecule has 1 aliphatic rings. The van der Waals surface area contributed by atoms with Crippen LogP contribution in [0.3, 0.4) is 0 Å². The number of para-hydroxylation sites is 1. The molecule has 1 aliphatic carbocycles. The van der Waals surface area contributed by atoms with Crippen molar-refractivity contribution < 1.29 is 14.3 Å². The molecule has 1 amide bonds. The monoisotopic (exact) mass is 278 g/mol. The number of amides is 1. The fourth-order valence-electron chi connectivity index (χ4n) is 2.03. The SMILES string of the molecule is COc1cccc(CC(C)N)c1OCC(=O)NC1CC1. The van der Waals surface area contributed by atoms with E-state index in [1.807, 2.05) is 25.1 Å². The van der Waals surface area contributed by atoms with E-state index in [2.05, 4.69) is 5.32 Å². The molecule has 0 heterocycles. The molecule has 0 bridgehead atoms. The molecule has 0 aromatic heterocycles. The molecule has 0 saturated heterocycles. The zero-order chi connectivity index (χ0) is 14.5. The molecule has 1 saturated carbocycles. The lowest BCUT2D eigenvalue weighted by Gasteiger charge is -2.16. The molecule has 1 unspecified atom stereocenters. The molecule has 1 aromatic rings. The summed E-state index contributed by atoms with van der Waals surface area (Å²) in [5.74, 6) is 1.14. The van der Waals surface area contributed by atoms with Gasteiger partial charge in [-0.25, -0.2) is 0 Å². The van der Waals surface area contributed by atoms with Crippen LogP contribution in [0.25, 0.3) is 0 Å². The van der Waals surface area contributed by atoms with Crippen molar-refractivity contribution in [3.8, 4) is 11.5 Å². The third-order valence-corrected chi connectivity index (χ3v) is 3.11. The Balaban J connectivity index is 2.04. The molecule has 1 fully saturated rings. The number of nitrogens with two attached hydrogens (primary N) is 1. The van der Waals surface area contributed by atoms with Gasteiger partial charge in [0.25, 0.3) is 5.91 Å². The Bertz CT molecular complexity index is 470. The smallest absolute Gasteiger partial charge is 0.258 e. The predicted octanol–water partition coefficient (Wildman–Crippen LogP) is 1.24. The minimum atomic E-state index is -0.0925. The normalized spacial score (nSPS) is 15.6. The van der Waals surface area contributed by atoms with E-state index in [9.17, 15) is 4.79 Å². The molecule has 20 heavy (non-hydrogen) atoms. The topological polar surface area (TPSA) is 73.6 Å². The van der Waals surface area contributed by atoms with Crippen LogP contribution in [0.1, 0.15) is 25.3 Å². The maximum absolute atomic E-state index is 11.7. The zero-order valence-electron chi connectivity index (χ0n) is 12.0. The summed E-state index contributed by atoms with van der Waals surface area (Å²) < 4.78 is 11.0. The number of rotatable bonds is 7. The van der Waals surface area contributed by atoms with Crippen molar-refractivity contribution in [2.75, 3.05) is 13.7 Å². The molecular weight excluding hydrogens is 256 g/mol. The Hall–Kier alpha value is -1.75. The predicted molar refractivity (Wildman–Crippen MR) is 77.0 cm³/mol. The highest BCUT2D eigenvalue weighted by Gasteiger charge is 2.23. The highest BCUT2D eigenvalue weighted by atomic mass is 16.5. The van der Waals surface area contributed by atoms with Crippen molar-refractivity contribution in [1.82, 2.24) is 5.32 Å². The van der Waals surface area contributed by atoms with Crippen molar-refractivity contribution in [1.29, 1.82) is 0 Å². The summed E-state index contributed by atoms with van der Waals surface area (Å²) in [4.78, 5) is 11.7. The van der Waals surface area contributed by atoms with Crippen LogP contribution in [-0.4, -0.2) is 31.7 Å². The second-order valence-electron chi connectivity index (χ2n) is 5.26. The van der Waals surface area contributed by atoms with Crippen LogP contribution in [-0.2, 0) is 11.2 Å². The largest absolute Gasteiger partial charge is 0.493 e. The first-order valence-electron chi connectivity index (χ1n) is 6.93. The summed E-state index contributed by atoms with van der Waals surface area (Å²) in [7, 11) is 1.59. The minimum Gasteiger partial charge on any atom is -0.493 e. The lowest BCUT2D eigenvalue weighted by molar-refractivity contribution is -0.123. The van der Waals surface area contributed by atoms with Crippen LogP contribution in [0, 0.1) is 0 Å². The molecule has 0 radical (unpaired) electrons. The van der Waals surface area contributed by atoms with Gasteiger partial charge in [0, 0.05) is 12.1 Å². The maximum atomic E-state index is 11.7. The molecule has 3 N–H and O–H groups in total. The van der Waals surface area contributed by atoms with Crippen molar-refractivity contribution >= 4 is 5.91 Å². The molecule has 1 atom stereocenters. The van der Waals surface area contributed by atoms with Gasteiger partial charge in [0.2, 0.25) is 0 Å². The lowest BCUT2D eigenvalue weighted by atomic mass is 10.1. The number of nitrogens with one attached hydrogen (secondary N) is 1. The van der Waals surface area contributed by atoms with E-state index < -0.39 is 0 Å². The molecule has 110 valence electrons. The molecule has 0 aliphatic heterocycles. The van der Waals surface area contributed by atoms with Crippen molar-refractivity contribution in [2.24, 2.45) is 5.73 Å². The maximum Gasteiger partial charge on any atom is 0.258 e. The van der Waals surface area contributed by atoms with Gasteiger partial charge in [0.05, 0.1) is 7.11 Å². The van der Waals surface area contributed by atoms with E-state index in [-0.39, 0.29) is 18.6 Å². The Morgan fingerprint density at radius 2 is 2.25 bits per heavy atom. The molecule has 5 nitrogen and oxygen atoms in total. The molecule has 1 aromatic carbocycles. The third kappa shape index (κ3) is 4.13. The molecule has 5 heteroatoms. The van der Waals surface area contributed by atoms with Gasteiger partial charge in [-0.15, -0.1) is 0 Å². The van der Waals surface area contributed by atoms with Crippen LogP contribution in [0.5, 0.6) is 11.5 Å². The highest BCUT2D eigenvalue weighted by Crippen LogP contribution is 2.31. The first-order chi connectivity index (χ1) is 9.60. The standard InChI is InChI=1S/C15H22N2O3/c1-10(16)8-11-4-3-5-13(19-2)15(11)20-9-14(18)17-12-6-7-12/h3-5,10,12H,6-9,16H2,1-2H3,(H,17,18). The number of ether oxygens (including phenoxy) is 2. The second kappa shape index (κ2) is 6.61. The van der Waals surface area contributed by atoms with Gasteiger partial charge in [-0.3, -0.25) is 4.79 Å². The summed E-state index contributed by atoms with van der Waals surface area (Å²) in [5.41, 5.74) is 6.80. The summed E-state index contributed by atoms with van der Waals surface area (Å²) in [5, 5.41) is 2.89. The van der Waals surface area contributed by atoms with Gasteiger partial charge < -0.3 is 20.5 Å². The van der Waals surface area contributed by atoms with Crippen LogP contribution in [0.4, 0.5) is 0 Å². The minimum absolute atomic E-state index is 0.00280. The number of hydrogen-bond acceptors (Lipinski definition) is 4. The first-order valence-corrected chi connectivity index (χ1v) is 6.93. The van der Waals surface area contributed by atoms with Crippen LogP contribution in [0.15, 0.2) is 18.2 Å². The number of hydrogen-bond donors (Lipinski definition) is 2.